The summed E-state index contributed by atoms with van der Waals surface area (Å²) in [6, 6.07) is 0.538. The standard InChI is InChI=1S/C20H39N5O3/c1-4-25-11-5-8-17(25)14-22-20(23-15-19(26)24(2)3)21-10-7-12-27-16-18-9-6-13-28-18/h17-18H,4-16H2,1-3H3,(H2,21,22,23). The van der Waals surface area contributed by atoms with Crippen LogP contribution >= 0.6 is 0 Å². The molecule has 0 saturated carbocycles. The lowest BCUT2D eigenvalue weighted by Gasteiger charge is -2.24. The van der Waals surface area contributed by atoms with E-state index in [4.69, 9.17) is 9.47 Å². The van der Waals surface area contributed by atoms with Crippen molar-refractivity contribution in [1.29, 1.82) is 0 Å². The zero-order valence-electron chi connectivity index (χ0n) is 17.9. The lowest BCUT2D eigenvalue weighted by atomic mass is 10.2. The number of likely N-dealkylation sites (N-methyl/N-ethyl adjacent to an activating group) is 2. The van der Waals surface area contributed by atoms with E-state index in [0.717, 1.165) is 45.5 Å². The number of nitrogens with one attached hydrogen (secondary N) is 2. The van der Waals surface area contributed by atoms with Gasteiger partial charge in [0.15, 0.2) is 5.96 Å². The molecule has 162 valence electrons. The Balaban J connectivity index is 1.70. The second-order valence-electron chi connectivity index (χ2n) is 7.75. The first kappa shape index (κ1) is 22.9. The number of aliphatic imine (C=N–C) groups is 1. The van der Waals surface area contributed by atoms with Crippen LogP contribution in [0.25, 0.3) is 0 Å². The largest absolute Gasteiger partial charge is 0.379 e. The second kappa shape index (κ2) is 13.0. The van der Waals surface area contributed by atoms with Gasteiger partial charge in [0.1, 0.15) is 6.54 Å². The Morgan fingerprint density at radius 3 is 2.86 bits per heavy atom. The van der Waals surface area contributed by atoms with Crippen molar-refractivity contribution in [2.45, 2.75) is 51.2 Å². The van der Waals surface area contributed by atoms with Gasteiger partial charge in [-0.2, -0.15) is 0 Å². The average Bonchev–Trinajstić information content (AvgIpc) is 3.36. The highest BCUT2D eigenvalue weighted by Crippen LogP contribution is 2.15. The topological polar surface area (TPSA) is 78.4 Å². The molecule has 28 heavy (non-hydrogen) atoms. The van der Waals surface area contributed by atoms with Gasteiger partial charge in [0.2, 0.25) is 5.91 Å². The van der Waals surface area contributed by atoms with Crippen LogP contribution in [0.1, 0.15) is 39.0 Å². The van der Waals surface area contributed by atoms with Gasteiger partial charge in [-0.25, -0.2) is 4.99 Å². The molecule has 0 spiro atoms. The summed E-state index contributed by atoms with van der Waals surface area (Å²) >= 11 is 0. The molecule has 0 bridgehead atoms. The Morgan fingerprint density at radius 2 is 2.14 bits per heavy atom. The molecule has 0 aliphatic carbocycles. The van der Waals surface area contributed by atoms with Crippen molar-refractivity contribution < 1.29 is 14.3 Å². The van der Waals surface area contributed by atoms with Gasteiger partial charge >= 0.3 is 0 Å². The summed E-state index contributed by atoms with van der Waals surface area (Å²) in [4.78, 5) is 20.4. The molecular weight excluding hydrogens is 358 g/mol. The van der Waals surface area contributed by atoms with Crippen LogP contribution in [-0.2, 0) is 14.3 Å². The monoisotopic (exact) mass is 397 g/mol. The lowest BCUT2D eigenvalue weighted by Crippen LogP contribution is -2.45. The summed E-state index contributed by atoms with van der Waals surface area (Å²) < 4.78 is 11.3. The summed E-state index contributed by atoms with van der Waals surface area (Å²) in [5.74, 6) is 0.703. The third-order valence-electron chi connectivity index (χ3n) is 5.37. The molecule has 2 unspecified atom stereocenters. The molecule has 2 heterocycles. The zero-order chi connectivity index (χ0) is 20.2. The number of carbonyl (C=O) groups excluding carboxylic acids is 1. The maximum absolute atomic E-state index is 11.9. The number of ether oxygens (including phenoxy) is 2. The highest BCUT2D eigenvalue weighted by molar-refractivity contribution is 5.84. The number of nitrogens with zero attached hydrogens (tertiary/aromatic N) is 3. The summed E-state index contributed by atoms with van der Waals surface area (Å²) in [6.07, 6.45) is 5.87. The van der Waals surface area contributed by atoms with Crippen molar-refractivity contribution in [3.05, 3.63) is 0 Å². The molecular formula is C20H39N5O3. The molecule has 2 atom stereocenters. The van der Waals surface area contributed by atoms with E-state index in [9.17, 15) is 4.79 Å². The number of guanidine groups is 1. The van der Waals surface area contributed by atoms with Crippen molar-refractivity contribution in [2.24, 2.45) is 4.99 Å². The van der Waals surface area contributed by atoms with Gasteiger partial charge in [0.25, 0.3) is 0 Å². The summed E-state index contributed by atoms with van der Waals surface area (Å²) in [6.45, 7) is 8.47. The number of carbonyl (C=O) groups is 1. The molecule has 0 radical (unpaired) electrons. The normalized spacial score (nSPS) is 23.2. The molecule has 2 fully saturated rings. The Kier molecular flexibility index (Phi) is 10.6. The number of likely N-dealkylation sites (tertiary alicyclic amines) is 1. The predicted octanol–water partition coefficient (Wildman–Crippen LogP) is 0.680. The summed E-state index contributed by atoms with van der Waals surface area (Å²) in [5.41, 5.74) is 0. The van der Waals surface area contributed by atoms with Gasteiger partial charge < -0.3 is 25.0 Å². The van der Waals surface area contributed by atoms with Crippen LogP contribution in [-0.4, -0.2) is 100 Å². The fourth-order valence-electron chi connectivity index (χ4n) is 3.59. The lowest BCUT2D eigenvalue weighted by molar-refractivity contribution is -0.127. The number of rotatable bonds is 11. The molecule has 2 aliphatic heterocycles. The van der Waals surface area contributed by atoms with E-state index in [-0.39, 0.29) is 18.6 Å². The molecule has 1 amide bonds. The van der Waals surface area contributed by atoms with Crippen LogP contribution in [0.5, 0.6) is 0 Å². The van der Waals surface area contributed by atoms with Crippen LogP contribution in [0.15, 0.2) is 4.99 Å². The average molecular weight is 398 g/mol. The molecule has 0 aromatic heterocycles. The Morgan fingerprint density at radius 1 is 1.29 bits per heavy atom. The number of hydrogen-bond acceptors (Lipinski definition) is 5. The number of amides is 1. The smallest absolute Gasteiger partial charge is 0.243 e. The fourth-order valence-corrected chi connectivity index (χ4v) is 3.59. The quantitative estimate of drug-likeness (QED) is 0.303. The molecule has 2 aliphatic rings. The first-order valence-corrected chi connectivity index (χ1v) is 10.8. The van der Waals surface area contributed by atoms with E-state index in [1.165, 1.54) is 19.4 Å². The maximum Gasteiger partial charge on any atom is 0.243 e. The van der Waals surface area contributed by atoms with Crippen molar-refractivity contribution in [2.75, 3.05) is 66.6 Å². The van der Waals surface area contributed by atoms with Crippen LogP contribution in [0.4, 0.5) is 0 Å². The van der Waals surface area contributed by atoms with E-state index in [1.807, 2.05) is 0 Å². The van der Waals surface area contributed by atoms with Crippen LogP contribution in [0.2, 0.25) is 0 Å². The van der Waals surface area contributed by atoms with Crippen LogP contribution in [0, 0.1) is 0 Å². The molecule has 8 nitrogen and oxygen atoms in total. The Hall–Kier alpha value is -1.38. The van der Waals surface area contributed by atoms with Gasteiger partial charge in [-0.05, 0) is 45.2 Å². The molecule has 8 heteroatoms. The molecule has 2 saturated heterocycles. The minimum Gasteiger partial charge on any atom is -0.379 e. The SMILES string of the molecule is CCN1CCCC1CNC(=NCC(=O)N(C)C)NCCCOCC1CCCO1. The highest BCUT2D eigenvalue weighted by Gasteiger charge is 2.22. The third kappa shape index (κ3) is 8.32. The minimum atomic E-state index is -0.00273. The number of hydrogen-bond donors (Lipinski definition) is 2. The molecule has 2 N–H and O–H groups in total. The van der Waals surface area contributed by atoms with Crippen molar-refractivity contribution in [1.82, 2.24) is 20.4 Å². The van der Waals surface area contributed by atoms with E-state index in [0.29, 0.717) is 25.2 Å². The van der Waals surface area contributed by atoms with Crippen molar-refractivity contribution >= 4 is 11.9 Å². The Bertz CT molecular complexity index is 480. The molecule has 0 aromatic carbocycles. The van der Waals surface area contributed by atoms with Gasteiger partial charge in [-0.1, -0.05) is 6.92 Å². The summed E-state index contributed by atoms with van der Waals surface area (Å²) in [7, 11) is 3.50. The van der Waals surface area contributed by atoms with Gasteiger partial charge in [0, 0.05) is 46.4 Å². The van der Waals surface area contributed by atoms with Crippen LogP contribution in [0.3, 0.4) is 0 Å². The predicted molar refractivity (Wildman–Crippen MR) is 112 cm³/mol. The van der Waals surface area contributed by atoms with Gasteiger partial charge in [-0.3, -0.25) is 9.69 Å². The van der Waals surface area contributed by atoms with E-state index in [2.05, 4.69) is 27.4 Å². The first-order chi connectivity index (χ1) is 13.6. The minimum absolute atomic E-state index is 0.00273. The molecule has 2 rings (SSSR count). The third-order valence-corrected chi connectivity index (χ3v) is 5.37. The van der Waals surface area contributed by atoms with Gasteiger partial charge in [0.05, 0.1) is 12.7 Å². The first-order valence-electron chi connectivity index (χ1n) is 10.8. The zero-order valence-corrected chi connectivity index (χ0v) is 17.9. The van der Waals surface area contributed by atoms with E-state index in [1.54, 1.807) is 19.0 Å². The maximum atomic E-state index is 11.9. The summed E-state index contributed by atoms with van der Waals surface area (Å²) in [5, 5.41) is 6.76. The highest BCUT2D eigenvalue weighted by atomic mass is 16.5. The van der Waals surface area contributed by atoms with Crippen molar-refractivity contribution in [3.8, 4) is 0 Å². The molecule has 0 aromatic rings. The van der Waals surface area contributed by atoms with Crippen molar-refractivity contribution in [3.63, 3.8) is 0 Å². The Labute approximate surface area is 170 Å². The van der Waals surface area contributed by atoms with Gasteiger partial charge in [-0.15, -0.1) is 0 Å². The van der Waals surface area contributed by atoms with E-state index >= 15 is 0 Å². The fraction of sp³-hybridized carbons (Fsp3) is 0.900. The van der Waals surface area contributed by atoms with E-state index < -0.39 is 0 Å². The second-order valence-corrected chi connectivity index (χ2v) is 7.75. The van der Waals surface area contributed by atoms with Crippen LogP contribution < -0.4 is 10.6 Å².